The molecule has 2 heterocycles. The molecule has 0 aliphatic rings. The van der Waals surface area contributed by atoms with Gasteiger partial charge in [-0.25, -0.2) is 4.85 Å². The molecular formula is C45H25N5. The summed E-state index contributed by atoms with van der Waals surface area (Å²) in [7, 11) is 0. The summed E-state index contributed by atoms with van der Waals surface area (Å²) in [5, 5.41) is 24.1. The molecule has 5 nitrogen and oxygen atoms in total. The molecule has 0 spiro atoms. The van der Waals surface area contributed by atoms with E-state index in [1.54, 1.807) is 0 Å². The molecule has 0 amide bonds. The number of nitrogens with zero attached hydrogens (tertiary/aromatic N) is 5. The van der Waals surface area contributed by atoms with Crippen molar-refractivity contribution >= 4 is 49.3 Å². The third-order valence-electron chi connectivity index (χ3n) is 9.61. The van der Waals surface area contributed by atoms with Gasteiger partial charge in [0.1, 0.15) is 0 Å². The first-order valence-corrected chi connectivity index (χ1v) is 16.3. The Bertz CT molecular complexity index is 2900. The van der Waals surface area contributed by atoms with Gasteiger partial charge in [-0.1, -0.05) is 84.9 Å². The highest BCUT2D eigenvalue weighted by Crippen LogP contribution is 2.42. The molecule has 0 unspecified atom stereocenters. The second-order valence-corrected chi connectivity index (χ2v) is 12.3. The zero-order chi connectivity index (χ0) is 33.8. The smallest absolute Gasteiger partial charge is 0.195 e. The average Bonchev–Trinajstić information content (AvgIpc) is 3.70. The van der Waals surface area contributed by atoms with Crippen LogP contribution in [-0.4, -0.2) is 9.13 Å². The van der Waals surface area contributed by atoms with Crippen molar-refractivity contribution in [3.63, 3.8) is 0 Å². The van der Waals surface area contributed by atoms with Crippen molar-refractivity contribution in [2.45, 2.75) is 0 Å². The molecule has 7 aromatic carbocycles. The van der Waals surface area contributed by atoms with Crippen molar-refractivity contribution in [3.05, 3.63) is 174 Å². The van der Waals surface area contributed by atoms with E-state index in [1.165, 1.54) is 10.8 Å². The van der Waals surface area contributed by atoms with Gasteiger partial charge < -0.3 is 9.13 Å². The zero-order valence-electron chi connectivity index (χ0n) is 26.7. The molecule has 0 aliphatic carbocycles. The number of benzene rings is 7. The van der Waals surface area contributed by atoms with E-state index in [0.717, 1.165) is 66.5 Å². The maximum atomic E-state index is 9.98. The summed E-state index contributed by atoms with van der Waals surface area (Å²) in [5.41, 5.74) is 11.3. The third kappa shape index (κ3) is 4.38. The lowest BCUT2D eigenvalue weighted by Crippen LogP contribution is -1.98. The van der Waals surface area contributed by atoms with Crippen LogP contribution in [-0.2, 0) is 0 Å². The standard InChI is InChI=1S/C45H25N5/c1-48-40-21-18-32(31-16-19-33(20-17-31)49-41-11-5-2-8-34(41)35-9-3-6-12-42(35)49)26-37(40)39-25-30(28-47)15-23-45(39)50-43-13-7-4-10-36(43)38-24-29(27-46)14-22-44(38)50/h2-26H. The van der Waals surface area contributed by atoms with Crippen LogP contribution >= 0.6 is 0 Å². The fraction of sp³-hybridized carbons (Fsp3) is 0. The average molecular weight is 636 g/mol. The minimum absolute atomic E-state index is 0.500. The molecule has 0 saturated heterocycles. The van der Waals surface area contributed by atoms with Crippen LogP contribution in [0.4, 0.5) is 5.69 Å². The van der Waals surface area contributed by atoms with Gasteiger partial charge in [0.05, 0.1) is 57.6 Å². The topological polar surface area (TPSA) is 61.8 Å². The van der Waals surface area contributed by atoms with Gasteiger partial charge in [-0.15, -0.1) is 0 Å². The van der Waals surface area contributed by atoms with E-state index in [2.05, 4.69) is 117 Å². The van der Waals surface area contributed by atoms with Crippen LogP contribution in [0.2, 0.25) is 0 Å². The van der Waals surface area contributed by atoms with Crippen molar-refractivity contribution in [3.8, 4) is 45.8 Å². The van der Waals surface area contributed by atoms with Crippen LogP contribution in [0.5, 0.6) is 0 Å². The number of rotatable bonds is 4. The first kappa shape index (κ1) is 28.8. The van der Waals surface area contributed by atoms with Gasteiger partial charge in [-0.05, 0) is 89.0 Å². The highest BCUT2D eigenvalue weighted by molar-refractivity contribution is 6.11. The van der Waals surface area contributed by atoms with E-state index >= 15 is 0 Å². The maximum Gasteiger partial charge on any atom is 0.195 e. The van der Waals surface area contributed by atoms with Gasteiger partial charge in [-0.2, -0.15) is 10.5 Å². The van der Waals surface area contributed by atoms with E-state index < -0.39 is 0 Å². The third-order valence-corrected chi connectivity index (χ3v) is 9.61. The van der Waals surface area contributed by atoms with Crippen LogP contribution < -0.4 is 0 Å². The molecule has 0 saturated carbocycles. The van der Waals surface area contributed by atoms with Crippen LogP contribution in [0, 0.1) is 29.2 Å². The monoisotopic (exact) mass is 635 g/mol. The van der Waals surface area contributed by atoms with Crippen LogP contribution in [0.15, 0.2) is 152 Å². The lowest BCUT2D eigenvalue weighted by Gasteiger charge is -2.17. The Morgan fingerprint density at radius 3 is 1.64 bits per heavy atom. The summed E-state index contributed by atoms with van der Waals surface area (Å²) in [4.78, 5) is 3.93. The SMILES string of the molecule is [C-]#[N+]c1ccc(-c2ccc(-n3c4ccccc4c4ccccc43)cc2)cc1-c1cc(C#N)ccc1-n1c2ccccc2c2cc(C#N)ccc21. The predicted molar refractivity (Wildman–Crippen MR) is 202 cm³/mol. The second kappa shape index (κ2) is 11.4. The van der Waals surface area contributed by atoms with Gasteiger partial charge in [0.2, 0.25) is 0 Å². The summed E-state index contributed by atoms with van der Waals surface area (Å²) < 4.78 is 4.47. The second-order valence-electron chi connectivity index (χ2n) is 12.3. The maximum absolute atomic E-state index is 9.98. The number of hydrogen-bond acceptors (Lipinski definition) is 2. The number of nitriles is 2. The molecule has 0 atom stereocenters. The lowest BCUT2D eigenvalue weighted by atomic mass is 9.95. The normalized spacial score (nSPS) is 11.1. The number of para-hydroxylation sites is 3. The number of fused-ring (bicyclic) bond motifs is 6. The number of hydrogen-bond donors (Lipinski definition) is 0. The largest absolute Gasteiger partial charge is 0.309 e. The van der Waals surface area contributed by atoms with Crippen LogP contribution in [0.3, 0.4) is 0 Å². The summed E-state index contributed by atoms with van der Waals surface area (Å²) >= 11 is 0. The summed E-state index contributed by atoms with van der Waals surface area (Å²) in [6, 6.07) is 55.5. The van der Waals surface area contributed by atoms with Crippen molar-refractivity contribution in [1.29, 1.82) is 10.5 Å². The predicted octanol–water partition coefficient (Wildman–Crippen LogP) is 11.5. The summed E-state index contributed by atoms with van der Waals surface area (Å²) in [6.45, 7) is 8.12. The van der Waals surface area contributed by atoms with Crippen LogP contribution in [0.25, 0.3) is 82.1 Å². The van der Waals surface area contributed by atoms with Gasteiger partial charge in [0.15, 0.2) is 5.69 Å². The Morgan fingerprint density at radius 2 is 1.00 bits per heavy atom. The van der Waals surface area contributed by atoms with Crippen molar-refractivity contribution in [1.82, 2.24) is 9.13 Å². The van der Waals surface area contributed by atoms with Gasteiger partial charge in [-0.3, -0.25) is 0 Å². The van der Waals surface area contributed by atoms with Gasteiger partial charge in [0.25, 0.3) is 0 Å². The minimum atomic E-state index is 0.500. The quantitative estimate of drug-likeness (QED) is 0.181. The van der Waals surface area contributed by atoms with E-state index in [1.807, 2.05) is 60.7 Å². The van der Waals surface area contributed by atoms with Crippen molar-refractivity contribution < 1.29 is 0 Å². The Labute approximate surface area is 288 Å². The summed E-state index contributed by atoms with van der Waals surface area (Å²) in [6.07, 6.45) is 0. The molecule has 9 aromatic rings. The molecule has 0 N–H and O–H groups in total. The molecule has 2 aromatic heterocycles. The van der Waals surface area contributed by atoms with Gasteiger partial charge >= 0.3 is 0 Å². The van der Waals surface area contributed by atoms with E-state index in [4.69, 9.17) is 6.57 Å². The highest BCUT2D eigenvalue weighted by atomic mass is 15.0. The fourth-order valence-corrected chi connectivity index (χ4v) is 7.35. The molecule has 5 heteroatoms. The Kier molecular flexibility index (Phi) is 6.56. The highest BCUT2D eigenvalue weighted by Gasteiger charge is 2.19. The molecule has 230 valence electrons. The summed E-state index contributed by atoms with van der Waals surface area (Å²) in [5.74, 6) is 0. The Hall–Kier alpha value is -7.39. The molecule has 0 aliphatic heterocycles. The van der Waals surface area contributed by atoms with E-state index in [0.29, 0.717) is 16.8 Å². The fourth-order valence-electron chi connectivity index (χ4n) is 7.35. The number of aromatic nitrogens is 2. The molecule has 50 heavy (non-hydrogen) atoms. The molecular weight excluding hydrogens is 611 g/mol. The van der Waals surface area contributed by atoms with E-state index in [-0.39, 0.29) is 0 Å². The molecule has 0 radical (unpaired) electrons. The Morgan fingerprint density at radius 1 is 0.460 bits per heavy atom. The van der Waals surface area contributed by atoms with Gasteiger partial charge in [0, 0.05) is 27.2 Å². The molecule has 9 rings (SSSR count). The molecule has 0 fully saturated rings. The van der Waals surface area contributed by atoms with E-state index in [9.17, 15) is 10.5 Å². The van der Waals surface area contributed by atoms with Crippen molar-refractivity contribution in [2.75, 3.05) is 0 Å². The first-order chi connectivity index (χ1) is 24.7. The van der Waals surface area contributed by atoms with Crippen molar-refractivity contribution in [2.24, 2.45) is 0 Å². The van der Waals surface area contributed by atoms with Crippen LogP contribution in [0.1, 0.15) is 11.1 Å². The Balaban J connectivity index is 1.22. The molecule has 0 bridgehead atoms. The first-order valence-electron chi connectivity index (χ1n) is 16.3. The lowest BCUT2D eigenvalue weighted by molar-refractivity contribution is 1.18. The zero-order valence-corrected chi connectivity index (χ0v) is 26.7. The minimum Gasteiger partial charge on any atom is -0.309 e.